The molecule has 4 aliphatic rings. The van der Waals surface area contributed by atoms with Crippen molar-refractivity contribution in [2.45, 2.75) is 36.5 Å². The van der Waals surface area contributed by atoms with Gasteiger partial charge in [-0.05, 0) is 172 Å². The van der Waals surface area contributed by atoms with Crippen LogP contribution in [0.15, 0.2) is 237 Å². The summed E-state index contributed by atoms with van der Waals surface area (Å²) in [5.41, 5.74) is 21.8. The molecule has 2 spiro atoms. The first-order chi connectivity index (χ1) is 36.7. The summed E-state index contributed by atoms with van der Waals surface area (Å²) < 4.78 is 2.63. The van der Waals surface area contributed by atoms with Crippen molar-refractivity contribution in [3.8, 4) is 44.5 Å². The van der Waals surface area contributed by atoms with Gasteiger partial charge in [-0.3, -0.25) is 0 Å². The number of nitrogens with zero attached hydrogens (tertiary/aromatic N) is 1. The van der Waals surface area contributed by atoms with Crippen molar-refractivity contribution in [3.05, 3.63) is 270 Å². The van der Waals surface area contributed by atoms with E-state index < -0.39 is 5.41 Å². The molecule has 0 atom stereocenters. The third-order valence-corrected chi connectivity index (χ3v) is 19.1. The smallest absolute Gasteiger partial charge is 0.0726 e. The SMILES string of the molecule is c1ccc2c(c1)-c1ccc(N(c3ccc4c5ccccc5c5ccccc5c4c3)c3cc4c(cc3-c3ccc5sc6ccccc6c5c3)-c3ccccc3C43c4ccccc4-c4ccccc43)cc1C21CCCC1. The summed E-state index contributed by atoms with van der Waals surface area (Å²) in [6.07, 6.45) is 4.84. The summed E-state index contributed by atoms with van der Waals surface area (Å²) in [6.45, 7) is 0. The molecule has 2 heteroatoms. The lowest BCUT2D eigenvalue weighted by atomic mass is 9.70. The second-order valence-electron chi connectivity index (χ2n) is 21.3. The number of fused-ring (bicyclic) bond motifs is 24. The Morgan fingerprint density at radius 1 is 0.297 bits per heavy atom. The molecule has 1 saturated carbocycles. The van der Waals surface area contributed by atoms with Gasteiger partial charge in [0.15, 0.2) is 0 Å². The first-order valence-electron chi connectivity index (χ1n) is 26.4. The van der Waals surface area contributed by atoms with Crippen LogP contribution in [0.4, 0.5) is 17.1 Å². The van der Waals surface area contributed by atoms with Crippen molar-refractivity contribution >= 4 is 80.9 Å². The first-order valence-corrected chi connectivity index (χ1v) is 27.3. The molecule has 0 amide bonds. The number of rotatable bonds is 4. The second-order valence-corrected chi connectivity index (χ2v) is 22.4. The molecule has 1 aromatic heterocycles. The Kier molecular flexibility index (Phi) is 8.31. The molecular weight excluding hydrogens is 911 g/mol. The molecule has 1 nitrogen and oxygen atoms in total. The summed E-state index contributed by atoms with van der Waals surface area (Å²) in [6, 6.07) is 91.2. The van der Waals surface area contributed by atoms with E-state index in [2.05, 4.69) is 241 Å². The predicted molar refractivity (Wildman–Crippen MR) is 313 cm³/mol. The monoisotopic (exact) mass is 957 g/mol. The van der Waals surface area contributed by atoms with Crippen LogP contribution in [0.2, 0.25) is 0 Å². The highest BCUT2D eigenvalue weighted by Gasteiger charge is 2.52. The minimum atomic E-state index is -0.516. The van der Waals surface area contributed by atoms with Crippen LogP contribution in [-0.4, -0.2) is 0 Å². The van der Waals surface area contributed by atoms with Gasteiger partial charge in [0.1, 0.15) is 0 Å². The van der Waals surface area contributed by atoms with E-state index in [-0.39, 0.29) is 5.41 Å². The van der Waals surface area contributed by atoms with E-state index in [9.17, 15) is 0 Å². The van der Waals surface area contributed by atoms with Gasteiger partial charge < -0.3 is 4.90 Å². The van der Waals surface area contributed by atoms with Gasteiger partial charge in [-0.15, -0.1) is 11.3 Å². The van der Waals surface area contributed by atoms with Gasteiger partial charge in [0.25, 0.3) is 0 Å². The number of hydrogen-bond donors (Lipinski definition) is 0. The maximum atomic E-state index is 2.66. The third-order valence-electron chi connectivity index (χ3n) is 18.0. The molecule has 12 aromatic carbocycles. The highest BCUT2D eigenvalue weighted by atomic mass is 32.1. The van der Waals surface area contributed by atoms with Gasteiger partial charge in [-0.1, -0.05) is 195 Å². The van der Waals surface area contributed by atoms with Crippen LogP contribution in [0.1, 0.15) is 59.1 Å². The number of benzene rings is 12. The molecule has 1 fully saturated rings. The Bertz CT molecular complexity index is 4500. The summed E-state index contributed by atoms with van der Waals surface area (Å²) >= 11 is 1.89. The van der Waals surface area contributed by atoms with Crippen molar-refractivity contribution < 1.29 is 0 Å². The number of thiophene rings is 1. The molecule has 13 aromatic rings. The fraction of sp³-hybridized carbons (Fsp3) is 0.0833. The van der Waals surface area contributed by atoms with Crippen LogP contribution in [0.5, 0.6) is 0 Å². The minimum Gasteiger partial charge on any atom is -0.310 e. The molecule has 0 bridgehead atoms. The maximum Gasteiger partial charge on any atom is 0.0726 e. The highest BCUT2D eigenvalue weighted by Crippen LogP contribution is 2.65. The van der Waals surface area contributed by atoms with Gasteiger partial charge in [-0.25, -0.2) is 0 Å². The van der Waals surface area contributed by atoms with Crippen molar-refractivity contribution in [2.24, 2.45) is 0 Å². The van der Waals surface area contributed by atoms with Crippen LogP contribution in [0.25, 0.3) is 97.0 Å². The standard InChI is InChI=1S/C72H47NS/c1-2-19-49-47(17-1)48-18-3-4-20-50(48)59-40-45(32-34-51(49)59)73(46-33-35-56-52-21-5-10-26-62(52)71(66(56)41-46)37-15-16-38-71)68-43-67-60(42-58(68)44-31-36-70-61(39-44)57-25-9-14-30-69(57)74-70)55-24-8-13-29-65(55)72(67)63-27-11-6-22-53(63)54-23-7-12-28-64(54)72/h1-14,17-36,39-43H,15-16,37-38H2. The molecule has 1 heterocycles. The summed E-state index contributed by atoms with van der Waals surface area (Å²) in [4.78, 5) is 2.66. The second kappa shape index (κ2) is 15.0. The Labute approximate surface area is 434 Å². The van der Waals surface area contributed by atoms with Crippen LogP contribution < -0.4 is 4.90 Å². The van der Waals surface area contributed by atoms with E-state index in [0.717, 1.165) is 5.69 Å². The Balaban J connectivity index is 1.02. The predicted octanol–water partition coefficient (Wildman–Crippen LogP) is 19.8. The highest BCUT2D eigenvalue weighted by molar-refractivity contribution is 7.25. The largest absolute Gasteiger partial charge is 0.310 e. The van der Waals surface area contributed by atoms with E-state index >= 15 is 0 Å². The molecule has 0 unspecified atom stereocenters. The Morgan fingerprint density at radius 2 is 0.784 bits per heavy atom. The average Bonchev–Trinajstić information content (AvgIpc) is 4.33. The molecule has 4 aliphatic carbocycles. The van der Waals surface area contributed by atoms with Crippen LogP contribution >= 0.6 is 11.3 Å². The molecule has 0 aliphatic heterocycles. The summed E-state index contributed by atoms with van der Waals surface area (Å²) in [7, 11) is 0. The van der Waals surface area contributed by atoms with Gasteiger partial charge >= 0.3 is 0 Å². The maximum absolute atomic E-state index is 2.66. The topological polar surface area (TPSA) is 3.24 Å². The molecule has 74 heavy (non-hydrogen) atoms. The van der Waals surface area contributed by atoms with Gasteiger partial charge in [-0.2, -0.15) is 0 Å². The quantitative estimate of drug-likeness (QED) is 0.159. The van der Waals surface area contributed by atoms with Crippen molar-refractivity contribution in [1.82, 2.24) is 0 Å². The fourth-order valence-electron chi connectivity index (χ4n) is 15.0. The Morgan fingerprint density at radius 3 is 1.45 bits per heavy atom. The lowest BCUT2D eigenvalue weighted by Crippen LogP contribution is -2.26. The van der Waals surface area contributed by atoms with E-state index in [1.54, 1.807) is 0 Å². The molecule has 0 saturated heterocycles. The normalized spacial score (nSPS) is 15.0. The first kappa shape index (κ1) is 41.0. The minimum absolute atomic E-state index is 0.000880. The van der Waals surface area contributed by atoms with E-state index in [1.165, 1.54) is 167 Å². The summed E-state index contributed by atoms with van der Waals surface area (Å²) in [5.74, 6) is 0. The van der Waals surface area contributed by atoms with E-state index in [1.807, 2.05) is 11.3 Å². The van der Waals surface area contributed by atoms with Crippen LogP contribution in [0.3, 0.4) is 0 Å². The third kappa shape index (κ3) is 5.28. The fourth-order valence-corrected chi connectivity index (χ4v) is 16.1. The van der Waals surface area contributed by atoms with Crippen molar-refractivity contribution in [3.63, 3.8) is 0 Å². The molecule has 17 rings (SSSR count). The van der Waals surface area contributed by atoms with E-state index in [4.69, 9.17) is 0 Å². The van der Waals surface area contributed by atoms with Gasteiger partial charge in [0.05, 0.1) is 11.1 Å². The molecule has 346 valence electrons. The average molecular weight is 958 g/mol. The zero-order valence-corrected chi connectivity index (χ0v) is 41.5. The van der Waals surface area contributed by atoms with E-state index in [0.29, 0.717) is 0 Å². The van der Waals surface area contributed by atoms with Crippen molar-refractivity contribution in [2.75, 3.05) is 4.90 Å². The van der Waals surface area contributed by atoms with Crippen LogP contribution in [-0.2, 0) is 10.8 Å². The zero-order valence-electron chi connectivity index (χ0n) is 40.7. The van der Waals surface area contributed by atoms with Crippen LogP contribution in [0, 0.1) is 0 Å². The molecular formula is C72H47NS. The lowest BCUT2D eigenvalue weighted by molar-refractivity contribution is 0.550. The van der Waals surface area contributed by atoms with Gasteiger partial charge in [0.2, 0.25) is 0 Å². The number of hydrogen-bond acceptors (Lipinski definition) is 2. The molecule has 0 N–H and O–H groups in total. The van der Waals surface area contributed by atoms with Gasteiger partial charge in [0, 0.05) is 42.5 Å². The lowest BCUT2D eigenvalue weighted by Gasteiger charge is -2.34. The zero-order chi connectivity index (χ0) is 48.3. The summed E-state index contributed by atoms with van der Waals surface area (Å²) in [5, 5.41) is 10.3. The number of anilines is 3. The molecule has 0 radical (unpaired) electrons. The van der Waals surface area contributed by atoms with Crippen molar-refractivity contribution in [1.29, 1.82) is 0 Å². The Hall–Kier alpha value is -8.56.